The van der Waals surface area contributed by atoms with Crippen molar-refractivity contribution in [3.8, 4) is 11.3 Å². The van der Waals surface area contributed by atoms with Crippen LogP contribution in [0.2, 0.25) is 0 Å². The molecule has 0 aliphatic carbocycles. The fourth-order valence-corrected chi connectivity index (χ4v) is 2.98. The Morgan fingerprint density at radius 1 is 1.26 bits per heavy atom. The lowest BCUT2D eigenvalue weighted by Gasteiger charge is -2.02. The van der Waals surface area contributed by atoms with E-state index < -0.39 is 0 Å². The van der Waals surface area contributed by atoms with Crippen molar-refractivity contribution in [1.29, 1.82) is 0 Å². The molecule has 0 aliphatic rings. The Morgan fingerprint density at radius 2 is 2.04 bits per heavy atom. The lowest BCUT2D eigenvalue weighted by molar-refractivity contribution is -0.116. The average molecular weight is 354 g/mol. The monoisotopic (exact) mass is 354 g/mol. The summed E-state index contributed by atoms with van der Waals surface area (Å²) in [6.07, 6.45) is 3.27. The van der Waals surface area contributed by atoms with Crippen LogP contribution in [0.1, 0.15) is 25.7 Å². The number of nitrogens with one attached hydrogen (secondary N) is 2. The highest BCUT2D eigenvalue weighted by molar-refractivity contribution is 7.95. The van der Waals surface area contributed by atoms with Crippen LogP contribution in [0.3, 0.4) is 0 Å². The molecule has 4 N–H and O–H groups in total. The predicted octanol–water partition coefficient (Wildman–Crippen LogP) is 3.56. The fraction of sp³-hybridized carbons (Fsp3) is 0.333. The number of hydrogen-bond donors (Lipinski definition) is 3. The highest BCUT2D eigenvalue weighted by Gasteiger charge is 2.08. The van der Waals surface area contributed by atoms with Crippen molar-refractivity contribution < 1.29 is 9.18 Å². The van der Waals surface area contributed by atoms with Crippen LogP contribution in [-0.4, -0.2) is 17.4 Å². The SMILES string of the molecule is NSNCCCCCC(=O)Nc1nc(-c2ccc(F)cc2)cs1. The van der Waals surface area contributed by atoms with Gasteiger partial charge in [-0.3, -0.25) is 14.7 Å². The van der Waals surface area contributed by atoms with Crippen LogP contribution >= 0.6 is 23.5 Å². The Bertz CT molecular complexity index is 618. The zero-order valence-electron chi connectivity index (χ0n) is 12.5. The summed E-state index contributed by atoms with van der Waals surface area (Å²) in [7, 11) is 0. The van der Waals surface area contributed by atoms with Crippen molar-refractivity contribution in [2.75, 3.05) is 11.9 Å². The highest BCUT2D eigenvalue weighted by Crippen LogP contribution is 2.25. The molecule has 0 bridgehead atoms. The van der Waals surface area contributed by atoms with Gasteiger partial charge in [-0.25, -0.2) is 9.37 Å². The number of unbranched alkanes of at least 4 members (excludes halogenated alkanes) is 2. The number of rotatable bonds is 9. The second kappa shape index (κ2) is 9.61. The minimum absolute atomic E-state index is 0.0360. The molecular weight excluding hydrogens is 335 g/mol. The number of nitrogens with zero attached hydrogens (tertiary/aromatic N) is 1. The van der Waals surface area contributed by atoms with Crippen molar-refractivity contribution in [2.45, 2.75) is 25.7 Å². The number of carbonyl (C=O) groups is 1. The maximum atomic E-state index is 12.9. The van der Waals surface area contributed by atoms with E-state index in [0.29, 0.717) is 11.6 Å². The number of hydrogen-bond acceptors (Lipinski definition) is 6. The minimum atomic E-state index is -0.280. The zero-order chi connectivity index (χ0) is 16.5. The number of aromatic nitrogens is 1. The Kier molecular flexibility index (Phi) is 7.47. The van der Waals surface area contributed by atoms with E-state index in [1.165, 1.54) is 23.5 Å². The Balaban J connectivity index is 1.75. The average Bonchev–Trinajstić information content (AvgIpc) is 3.00. The Hall–Kier alpha value is -1.48. The number of amides is 1. The molecule has 23 heavy (non-hydrogen) atoms. The van der Waals surface area contributed by atoms with Gasteiger partial charge in [-0.15, -0.1) is 11.3 Å². The predicted molar refractivity (Wildman–Crippen MR) is 94.4 cm³/mol. The molecule has 0 fully saturated rings. The summed E-state index contributed by atoms with van der Waals surface area (Å²) in [6, 6.07) is 6.13. The van der Waals surface area contributed by atoms with Gasteiger partial charge >= 0.3 is 0 Å². The third-order valence-electron chi connectivity index (χ3n) is 3.16. The summed E-state index contributed by atoms with van der Waals surface area (Å²) in [4.78, 5) is 16.2. The van der Waals surface area contributed by atoms with Crippen LogP contribution in [0.4, 0.5) is 9.52 Å². The smallest absolute Gasteiger partial charge is 0.226 e. The first-order valence-electron chi connectivity index (χ1n) is 7.29. The number of nitrogens with two attached hydrogens (primary N) is 1. The fourth-order valence-electron chi connectivity index (χ4n) is 1.98. The number of thiazole rings is 1. The maximum Gasteiger partial charge on any atom is 0.226 e. The molecule has 0 unspecified atom stereocenters. The minimum Gasteiger partial charge on any atom is -0.302 e. The standard InChI is InChI=1S/C15H19FN4OS2/c16-12-7-5-11(6-8-12)13-10-22-15(19-13)20-14(21)4-2-1-3-9-18-23-17/h5-8,10,18H,1-4,9,17H2,(H,19,20,21). The van der Waals surface area contributed by atoms with Gasteiger partial charge in [0, 0.05) is 36.0 Å². The van der Waals surface area contributed by atoms with Gasteiger partial charge in [0.15, 0.2) is 5.13 Å². The van der Waals surface area contributed by atoms with E-state index in [0.717, 1.165) is 49.2 Å². The van der Waals surface area contributed by atoms with E-state index in [9.17, 15) is 9.18 Å². The summed E-state index contributed by atoms with van der Waals surface area (Å²) in [5.74, 6) is -0.316. The van der Waals surface area contributed by atoms with E-state index >= 15 is 0 Å². The number of carbonyl (C=O) groups excluding carboxylic acids is 1. The molecule has 0 saturated carbocycles. The van der Waals surface area contributed by atoms with Gasteiger partial charge in [-0.05, 0) is 37.1 Å². The van der Waals surface area contributed by atoms with Gasteiger partial charge in [0.25, 0.3) is 0 Å². The van der Waals surface area contributed by atoms with Crippen molar-refractivity contribution >= 4 is 34.5 Å². The quantitative estimate of drug-likeness (QED) is 0.474. The molecule has 8 heteroatoms. The van der Waals surface area contributed by atoms with Crippen molar-refractivity contribution in [3.05, 3.63) is 35.5 Å². The van der Waals surface area contributed by atoms with Gasteiger partial charge in [-0.1, -0.05) is 6.42 Å². The van der Waals surface area contributed by atoms with E-state index in [2.05, 4.69) is 15.0 Å². The lowest BCUT2D eigenvalue weighted by atomic mass is 10.2. The van der Waals surface area contributed by atoms with E-state index in [1.807, 2.05) is 5.38 Å². The molecule has 0 radical (unpaired) electrons. The number of halogens is 1. The van der Waals surface area contributed by atoms with E-state index in [4.69, 9.17) is 5.14 Å². The molecular formula is C15H19FN4OS2. The first kappa shape index (κ1) is 17.9. The Labute approximate surface area is 143 Å². The van der Waals surface area contributed by atoms with Crippen molar-refractivity contribution in [2.24, 2.45) is 5.14 Å². The third kappa shape index (κ3) is 6.26. The summed E-state index contributed by atoms with van der Waals surface area (Å²) in [5.41, 5.74) is 1.56. The van der Waals surface area contributed by atoms with Gasteiger partial charge in [-0.2, -0.15) is 0 Å². The van der Waals surface area contributed by atoms with Gasteiger partial charge < -0.3 is 5.32 Å². The molecule has 0 aliphatic heterocycles. The zero-order valence-corrected chi connectivity index (χ0v) is 14.2. The molecule has 124 valence electrons. The topological polar surface area (TPSA) is 80.0 Å². The van der Waals surface area contributed by atoms with Crippen LogP contribution in [0.5, 0.6) is 0 Å². The Morgan fingerprint density at radius 3 is 2.78 bits per heavy atom. The lowest BCUT2D eigenvalue weighted by Crippen LogP contribution is -2.12. The molecule has 0 atom stereocenters. The third-order valence-corrected chi connectivity index (χ3v) is 4.29. The summed E-state index contributed by atoms with van der Waals surface area (Å²) in [6.45, 7) is 0.844. The van der Waals surface area contributed by atoms with Gasteiger partial charge in [0.05, 0.1) is 5.69 Å². The second-order valence-electron chi connectivity index (χ2n) is 4.92. The molecule has 5 nitrogen and oxygen atoms in total. The van der Waals surface area contributed by atoms with Crippen LogP contribution in [-0.2, 0) is 4.79 Å². The van der Waals surface area contributed by atoms with Gasteiger partial charge in [0.1, 0.15) is 5.82 Å². The maximum absolute atomic E-state index is 12.9. The van der Waals surface area contributed by atoms with Crippen molar-refractivity contribution in [3.63, 3.8) is 0 Å². The molecule has 1 aromatic carbocycles. The van der Waals surface area contributed by atoms with Gasteiger partial charge in [0.2, 0.25) is 5.91 Å². The molecule has 2 aromatic rings. The molecule has 2 rings (SSSR count). The summed E-state index contributed by atoms with van der Waals surface area (Å²) in [5, 5.41) is 10.5. The molecule has 1 amide bonds. The number of benzene rings is 1. The van der Waals surface area contributed by atoms with Crippen molar-refractivity contribution in [1.82, 2.24) is 9.71 Å². The molecule has 1 heterocycles. The van der Waals surface area contributed by atoms with E-state index in [-0.39, 0.29) is 11.7 Å². The summed E-state index contributed by atoms with van der Waals surface area (Å²) >= 11 is 2.48. The van der Waals surface area contributed by atoms with E-state index in [1.54, 1.807) is 12.1 Å². The number of anilines is 1. The van der Waals surface area contributed by atoms with Crippen LogP contribution in [0.15, 0.2) is 29.6 Å². The molecule has 1 aromatic heterocycles. The first-order chi connectivity index (χ1) is 11.2. The van der Waals surface area contributed by atoms with Crippen LogP contribution in [0, 0.1) is 5.82 Å². The summed E-state index contributed by atoms with van der Waals surface area (Å²) < 4.78 is 15.9. The normalized spacial score (nSPS) is 10.7. The van der Waals surface area contributed by atoms with Crippen LogP contribution in [0.25, 0.3) is 11.3 Å². The first-order valence-corrected chi connectivity index (χ1v) is 9.05. The highest BCUT2D eigenvalue weighted by atomic mass is 32.2. The van der Waals surface area contributed by atoms with Crippen LogP contribution < -0.4 is 15.2 Å². The second-order valence-corrected chi connectivity index (χ2v) is 6.30. The molecule has 0 saturated heterocycles. The molecule has 0 spiro atoms. The largest absolute Gasteiger partial charge is 0.302 e.